The molecular formula is C16H15N3O5. The number of carbonyl (C=O) groups is 2. The Bertz CT molecular complexity index is 852. The first kappa shape index (κ1) is 15.7. The fourth-order valence-electron chi connectivity index (χ4n) is 2.18. The topological polar surface area (TPSA) is 92.5 Å². The van der Waals surface area contributed by atoms with Gasteiger partial charge >= 0.3 is 11.9 Å². The van der Waals surface area contributed by atoms with Gasteiger partial charge in [0.25, 0.3) is 6.29 Å². The molecule has 0 amide bonds. The third-order valence-corrected chi connectivity index (χ3v) is 3.34. The summed E-state index contributed by atoms with van der Waals surface area (Å²) < 4.78 is 17.0. The van der Waals surface area contributed by atoms with Crippen LogP contribution in [0.3, 0.4) is 0 Å². The molecule has 0 aromatic carbocycles. The third-order valence-electron chi connectivity index (χ3n) is 3.34. The predicted molar refractivity (Wildman–Crippen MR) is 83.2 cm³/mol. The van der Waals surface area contributed by atoms with Crippen LogP contribution in [-0.2, 0) is 23.8 Å². The second kappa shape index (κ2) is 6.53. The minimum atomic E-state index is -0.877. The Morgan fingerprint density at radius 3 is 3.04 bits per heavy atom. The van der Waals surface area contributed by atoms with Gasteiger partial charge in [-0.1, -0.05) is 0 Å². The highest BCUT2D eigenvalue weighted by Crippen LogP contribution is 2.20. The molecule has 0 saturated carbocycles. The molecule has 8 nitrogen and oxygen atoms in total. The second-order valence-corrected chi connectivity index (χ2v) is 4.97. The van der Waals surface area contributed by atoms with E-state index in [9.17, 15) is 9.59 Å². The lowest BCUT2D eigenvalue weighted by atomic mass is 10.3. The van der Waals surface area contributed by atoms with E-state index in [0.29, 0.717) is 11.2 Å². The Kier molecular flexibility index (Phi) is 4.28. The van der Waals surface area contributed by atoms with E-state index in [4.69, 9.17) is 14.2 Å². The Hall–Kier alpha value is -3.16. The predicted octanol–water partition coefficient (Wildman–Crippen LogP) is 1.64. The lowest BCUT2D eigenvalue weighted by molar-refractivity contribution is -0.152. The lowest BCUT2D eigenvalue weighted by Gasteiger charge is -2.12. The molecule has 124 valence electrons. The summed E-state index contributed by atoms with van der Waals surface area (Å²) >= 11 is 0. The van der Waals surface area contributed by atoms with Crippen molar-refractivity contribution >= 4 is 28.7 Å². The smallest absolute Gasteiger partial charge is 0.358 e. The average Bonchev–Trinajstić information content (AvgIpc) is 3.12. The van der Waals surface area contributed by atoms with E-state index in [1.54, 1.807) is 32.3 Å². The average molecular weight is 329 g/mol. The number of fused-ring (bicyclic) bond motifs is 1. The monoisotopic (exact) mass is 329 g/mol. The normalized spacial score (nSPS) is 17.6. The molecule has 2 aromatic rings. The van der Waals surface area contributed by atoms with Gasteiger partial charge < -0.3 is 14.2 Å². The zero-order valence-electron chi connectivity index (χ0n) is 13.1. The molecule has 0 fully saturated rings. The van der Waals surface area contributed by atoms with Gasteiger partial charge in [0.05, 0.1) is 6.61 Å². The molecule has 0 N–H and O–H groups in total. The largest absolute Gasteiger partial charge is 0.461 e. The first-order valence-electron chi connectivity index (χ1n) is 7.29. The van der Waals surface area contributed by atoms with Crippen LogP contribution in [-0.4, -0.2) is 39.4 Å². The van der Waals surface area contributed by atoms with E-state index in [1.165, 1.54) is 23.2 Å². The number of hydrogen-bond donors (Lipinski definition) is 0. The van der Waals surface area contributed by atoms with Crippen molar-refractivity contribution in [3.63, 3.8) is 0 Å². The van der Waals surface area contributed by atoms with Crippen molar-refractivity contribution in [2.24, 2.45) is 0 Å². The number of carbonyl (C=O) groups excluding carboxylic acids is 2. The van der Waals surface area contributed by atoms with Gasteiger partial charge in [0, 0.05) is 29.4 Å². The Balaban J connectivity index is 1.93. The molecule has 0 bridgehead atoms. The molecule has 0 spiro atoms. The number of ether oxygens (including phenoxy) is 3. The number of rotatable bonds is 5. The summed E-state index contributed by atoms with van der Waals surface area (Å²) in [5.74, 6) is -1.04. The minimum absolute atomic E-state index is 0.111. The molecule has 3 heterocycles. The second-order valence-electron chi connectivity index (χ2n) is 4.97. The maximum Gasteiger partial charge on any atom is 0.358 e. The summed E-state index contributed by atoms with van der Waals surface area (Å²) in [4.78, 5) is 31.7. The zero-order valence-corrected chi connectivity index (χ0v) is 13.1. The highest BCUT2D eigenvalue weighted by Gasteiger charge is 2.24. The van der Waals surface area contributed by atoms with Gasteiger partial charge in [-0.15, -0.1) is 0 Å². The molecule has 0 radical (unpaired) electrons. The van der Waals surface area contributed by atoms with Crippen molar-refractivity contribution in [1.29, 1.82) is 0 Å². The maximum atomic E-state index is 12.3. The minimum Gasteiger partial charge on any atom is -0.461 e. The lowest BCUT2D eigenvalue weighted by Crippen LogP contribution is -2.15. The Labute approximate surface area is 137 Å². The first-order valence-corrected chi connectivity index (χ1v) is 7.29. The van der Waals surface area contributed by atoms with Crippen LogP contribution in [0.2, 0.25) is 0 Å². The van der Waals surface area contributed by atoms with E-state index in [2.05, 4.69) is 9.97 Å². The van der Waals surface area contributed by atoms with Crippen molar-refractivity contribution in [1.82, 2.24) is 14.5 Å². The van der Waals surface area contributed by atoms with E-state index in [-0.39, 0.29) is 12.3 Å². The summed E-state index contributed by atoms with van der Waals surface area (Å²) in [6.45, 7) is 3.54. The molecule has 1 aliphatic rings. The van der Waals surface area contributed by atoms with Gasteiger partial charge in [-0.2, -0.15) is 0 Å². The van der Waals surface area contributed by atoms with Crippen LogP contribution in [0.15, 0.2) is 42.7 Å². The molecular weight excluding hydrogens is 314 g/mol. The number of cyclic esters (lactones) is 1. The van der Waals surface area contributed by atoms with Crippen molar-refractivity contribution in [2.45, 2.75) is 20.1 Å². The Morgan fingerprint density at radius 2 is 2.33 bits per heavy atom. The van der Waals surface area contributed by atoms with Gasteiger partial charge in [-0.3, -0.25) is 4.57 Å². The zero-order chi connectivity index (χ0) is 17.1. The summed E-state index contributed by atoms with van der Waals surface area (Å²) in [5, 5.41) is 0.760. The molecule has 1 atom stereocenters. The van der Waals surface area contributed by atoms with Gasteiger partial charge in [-0.05, 0) is 19.9 Å². The summed E-state index contributed by atoms with van der Waals surface area (Å²) in [5.41, 5.74) is 1.09. The van der Waals surface area contributed by atoms with Crippen LogP contribution in [0.4, 0.5) is 0 Å². The Morgan fingerprint density at radius 1 is 1.50 bits per heavy atom. The molecule has 1 aliphatic heterocycles. The third kappa shape index (κ3) is 2.98. The van der Waals surface area contributed by atoms with Crippen LogP contribution >= 0.6 is 0 Å². The van der Waals surface area contributed by atoms with Crippen LogP contribution in [0, 0.1) is 0 Å². The molecule has 8 heteroatoms. The van der Waals surface area contributed by atoms with Crippen LogP contribution in [0.25, 0.3) is 16.7 Å². The fourth-order valence-corrected chi connectivity index (χ4v) is 2.18. The van der Waals surface area contributed by atoms with Crippen molar-refractivity contribution < 1.29 is 23.8 Å². The molecule has 0 aliphatic carbocycles. The standard InChI is InChI=1S/C16H15N3O5/c1-3-22-16(21)12(8-23-13-6-10(2)15(20)24-13)19-5-4-11-7-17-9-18-14(11)19/h4-9,13H,3H2,1-2H3/b12-8-. The van der Waals surface area contributed by atoms with Crippen molar-refractivity contribution in [3.8, 4) is 0 Å². The van der Waals surface area contributed by atoms with Gasteiger partial charge in [-0.25, -0.2) is 19.6 Å². The van der Waals surface area contributed by atoms with Crippen LogP contribution in [0.1, 0.15) is 13.8 Å². The molecule has 0 saturated heterocycles. The first-order chi connectivity index (χ1) is 11.6. The number of aromatic nitrogens is 3. The molecule has 1 unspecified atom stereocenters. The van der Waals surface area contributed by atoms with Crippen LogP contribution in [0.5, 0.6) is 0 Å². The fraction of sp³-hybridized carbons (Fsp3) is 0.250. The van der Waals surface area contributed by atoms with Crippen molar-refractivity contribution in [3.05, 3.63) is 42.7 Å². The summed E-state index contributed by atoms with van der Waals surface area (Å²) in [7, 11) is 0. The van der Waals surface area contributed by atoms with Gasteiger partial charge in [0.15, 0.2) is 5.70 Å². The highest BCUT2D eigenvalue weighted by atomic mass is 16.7. The van der Waals surface area contributed by atoms with Crippen molar-refractivity contribution in [2.75, 3.05) is 6.61 Å². The number of esters is 2. The van der Waals surface area contributed by atoms with E-state index in [1.807, 2.05) is 0 Å². The molecule has 24 heavy (non-hydrogen) atoms. The number of nitrogens with zero attached hydrogens (tertiary/aromatic N) is 3. The number of hydrogen-bond acceptors (Lipinski definition) is 7. The molecule has 2 aromatic heterocycles. The quantitative estimate of drug-likeness (QED) is 0.468. The molecule has 3 rings (SSSR count). The van der Waals surface area contributed by atoms with E-state index >= 15 is 0 Å². The summed E-state index contributed by atoms with van der Waals surface area (Å²) in [6, 6.07) is 1.77. The summed E-state index contributed by atoms with van der Waals surface area (Å²) in [6.07, 6.45) is 6.52. The van der Waals surface area contributed by atoms with Gasteiger partial charge in [0.2, 0.25) is 0 Å². The van der Waals surface area contributed by atoms with Gasteiger partial charge in [0.1, 0.15) is 18.2 Å². The van der Waals surface area contributed by atoms with E-state index < -0.39 is 18.2 Å². The van der Waals surface area contributed by atoms with E-state index in [0.717, 1.165) is 5.39 Å². The highest BCUT2D eigenvalue weighted by molar-refractivity contribution is 6.11. The SMILES string of the molecule is CCOC(=O)/C(=C/OC1C=C(C)C(=O)O1)n1ccc2cncnc21. The maximum absolute atomic E-state index is 12.3. The van der Waals surface area contributed by atoms with Crippen LogP contribution < -0.4 is 0 Å².